The lowest BCUT2D eigenvalue weighted by Gasteiger charge is -2.12. The number of hydrogen-bond acceptors (Lipinski definition) is 3. The van der Waals surface area contributed by atoms with Crippen molar-refractivity contribution in [2.24, 2.45) is 5.10 Å². The van der Waals surface area contributed by atoms with Gasteiger partial charge in [0.15, 0.2) is 6.10 Å². The minimum atomic E-state index is -0.642. The molecule has 0 saturated heterocycles. The van der Waals surface area contributed by atoms with Gasteiger partial charge in [-0.1, -0.05) is 50.1 Å². The molecular weight excluding hydrogens is 412 g/mol. The molecule has 4 nitrogen and oxygen atoms in total. The van der Waals surface area contributed by atoms with E-state index in [0.717, 1.165) is 14.5 Å². The van der Waals surface area contributed by atoms with E-state index in [1.807, 2.05) is 36.4 Å². The molecule has 0 saturated carbocycles. The van der Waals surface area contributed by atoms with E-state index in [-0.39, 0.29) is 5.91 Å². The molecule has 0 bridgehead atoms. The predicted octanol–water partition coefficient (Wildman–Crippen LogP) is 4.13. The minimum absolute atomic E-state index is 0.312. The molecule has 0 fully saturated rings. The Labute approximate surface area is 145 Å². The third-order valence-electron chi connectivity index (χ3n) is 2.74. The van der Waals surface area contributed by atoms with Crippen molar-refractivity contribution in [3.63, 3.8) is 0 Å². The van der Waals surface area contributed by atoms with Crippen molar-refractivity contribution in [3.8, 4) is 5.75 Å². The fourth-order valence-corrected chi connectivity index (χ4v) is 2.25. The molecule has 22 heavy (non-hydrogen) atoms. The molecule has 0 heterocycles. The van der Waals surface area contributed by atoms with Crippen molar-refractivity contribution in [2.45, 2.75) is 13.0 Å². The Bertz CT molecular complexity index is 672. The molecule has 1 unspecified atom stereocenters. The van der Waals surface area contributed by atoms with Crippen LogP contribution in [0.5, 0.6) is 5.75 Å². The fraction of sp³-hybridized carbons (Fsp3) is 0.125. The van der Waals surface area contributed by atoms with Crippen LogP contribution in [0.3, 0.4) is 0 Å². The first-order chi connectivity index (χ1) is 10.5. The zero-order chi connectivity index (χ0) is 15.9. The number of hydrogen-bond donors (Lipinski definition) is 1. The highest BCUT2D eigenvalue weighted by Gasteiger charge is 2.13. The SMILES string of the molecule is CC(Oc1cccc(Br)c1)C(=O)NN=Cc1ccc(Br)cc1. The number of halogens is 2. The van der Waals surface area contributed by atoms with Crippen LogP contribution in [0.1, 0.15) is 12.5 Å². The second-order valence-corrected chi connectivity index (χ2v) is 6.33. The Morgan fingerprint density at radius 3 is 2.59 bits per heavy atom. The molecule has 0 radical (unpaired) electrons. The van der Waals surface area contributed by atoms with Gasteiger partial charge in [0.05, 0.1) is 6.21 Å². The lowest BCUT2D eigenvalue weighted by molar-refractivity contribution is -0.127. The van der Waals surface area contributed by atoms with Crippen molar-refractivity contribution < 1.29 is 9.53 Å². The van der Waals surface area contributed by atoms with Gasteiger partial charge >= 0.3 is 0 Å². The van der Waals surface area contributed by atoms with Gasteiger partial charge in [-0.25, -0.2) is 5.43 Å². The first-order valence-electron chi connectivity index (χ1n) is 6.55. The van der Waals surface area contributed by atoms with Gasteiger partial charge in [0.2, 0.25) is 0 Å². The van der Waals surface area contributed by atoms with Crippen LogP contribution in [-0.2, 0) is 4.79 Å². The molecule has 1 N–H and O–H groups in total. The number of amides is 1. The van der Waals surface area contributed by atoms with E-state index in [1.54, 1.807) is 25.3 Å². The summed E-state index contributed by atoms with van der Waals surface area (Å²) in [5.74, 6) is 0.308. The maximum atomic E-state index is 11.9. The molecule has 0 aliphatic carbocycles. The third-order valence-corrected chi connectivity index (χ3v) is 3.76. The summed E-state index contributed by atoms with van der Waals surface area (Å²) in [5.41, 5.74) is 3.36. The number of nitrogens with one attached hydrogen (secondary N) is 1. The molecule has 0 aliphatic rings. The molecule has 0 aromatic heterocycles. The summed E-state index contributed by atoms with van der Waals surface area (Å²) in [5, 5.41) is 3.92. The van der Waals surface area contributed by atoms with Crippen molar-refractivity contribution in [3.05, 3.63) is 63.0 Å². The highest BCUT2D eigenvalue weighted by molar-refractivity contribution is 9.10. The summed E-state index contributed by atoms with van der Waals surface area (Å²) in [6, 6.07) is 14.9. The van der Waals surface area contributed by atoms with Crippen LogP contribution >= 0.6 is 31.9 Å². The Kier molecular flexibility index (Phi) is 6.15. The number of ether oxygens (including phenoxy) is 1. The average Bonchev–Trinajstić information content (AvgIpc) is 2.49. The number of nitrogens with zero attached hydrogens (tertiary/aromatic N) is 1. The van der Waals surface area contributed by atoms with Crippen LogP contribution in [-0.4, -0.2) is 18.2 Å². The van der Waals surface area contributed by atoms with Crippen molar-refractivity contribution in [1.82, 2.24) is 5.43 Å². The van der Waals surface area contributed by atoms with E-state index in [4.69, 9.17) is 4.74 Å². The Balaban J connectivity index is 1.87. The van der Waals surface area contributed by atoms with Crippen molar-refractivity contribution in [1.29, 1.82) is 0 Å². The van der Waals surface area contributed by atoms with E-state index in [0.29, 0.717) is 5.75 Å². The second-order valence-electron chi connectivity index (χ2n) is 4.50. The second kappa shape index (κ2) is 8.10. The number of rotatable bonds is 5. The zero-order valence-corrected chi connectivity index (χ0v) is 15.0. The highest BCUT2D eigenvalue weighted by Crippen LogP contribution is 2.18. The van der Waals surface area contributed by atoms with Gasteiger partial charge in [-0.15, -0.1) is 0 Å². The van der Waals surface area contributed by atoms with Crippen LogP contribution in [0.4, 0.5) is 0 Å². The summed E-state index contributed by atoms with van der Waals surface area (Å²) in [6.07, 6.45) is 0.937. The highest BCUT2D eigenvalue weighted by atomic mass is 79.9. The molecule has 0 spiro atoms. The zero-order valence-electron chi connectivity index (χ0n) is 11.8. The maximum Gasteiger partial charge on any atom is 0.280 e. The first kappa shape index (κ1) is 16.7. The van der Waals surface area contributed by atoms with Crippen molar-refractivity contribution >= 4 is 44.0 Å². The number of benzene rings is 2. The van der Waals surface area contributed by atoms with Crippen LogP contribution < -0.4 is 10.2 Å². The Hall–Kier alpha value is -1.66. The summed E-state index contributed by atoms with van der Waals surface area (Å²) >= 11 is 6.71. The van der Waals surface area contributed by atoms with E-state index in [2.05, 4.69) is 42.4 Å². The van der Waals surface area contributed by atoms with E-state index in [1.165, 1.54) is 0 Å². The summed E-state index contributed by atoms with van der Waals surface area (Å²) in [7, 11) is 0. The summed E-state index contributed by atoms with van der Waals surface area (Å²) in [4.78, 5) is 11.9. The average molecular weight is 426 g/mol. The quantitative estimate of drug-likeness (QED) is 0.578. The standard InChI is InChI=1S/C16H14Br2N2O2/c1-11(22-15-4-2-3-14(18)9-15)16(21)20-19-10-12-5-7-13(17)8-6-12/h2-11H,1H3,(H,20,21). The number of hydrazone groups is 1. The van der Waals surface area contributed by atoms with Gasteiger partial charge in [-0.05, 0) is 42.8 Å². The lowest BCUT2D eigenvalue weighted by atomic mass is 10.2. The topological polar surface area (TPSA) is 50.7 Å². The molecule has 2 rings (SSSR count). The molecule has 6 heteroatoms. The number of carbonyl (C=O) groups excluding carboxylic acids is 1. The van der Waals surface area contributed by atoms with Gasteiger partial charge in [-0.2, -0.15) is 5.10 Å². The van der Waals surface area contributed by atoms with Gasteiger partial charge in [0.25, 0.3) is 5.91 Å². The third kappa shape index (κ3) is 5.27. The molecule has 114 valence electrons. The molecule has 0 aliphatic heterocycles. The van der Waals surface area contributed by atoms with Crippen LogP contribution in [0.2, 0.25) is 0 Å². The van der Waals surface area contributed by atoms with Gasteiger partial charge in [0.1, 0.15) is 5.75 Å². The van der Waals surface area contributed by atoms with Crippen LogP contribution in [0, 0.1) is 0 Å². The largest absolute Gasteiger partial charge is 0.481 e. The van der Waals surface area contributed by atoms with Gasteiger partial charge < -0.3 is 4.74 Å². The van der Waals surface area contributed by atoms with Crippen LogP contribution in [0.15, 0.2) is 62.6 Å². The van der Waals surface area contributed by atoms with Gasteiger partial charge in [-0.3, -0.25) is 4.79 Å². The summed E-state index contributed by atoms with van der Waals surface area (Å²) < 4.78 is 7.44. The van der Waals surface area contributed by atoms with Gasteiger partial charge in [0, 0.05) is 8.95 Å². The van der Waals surface area contributed by atoms with E-state index in [9.17, 15) is 4.79 Å². The molecule has 2 aromatic carbocycles. The van der Waals surface area contributed by atoms with Crippen LogP contribution in [0.25, 0.3) is 0 Å². The molecule has 1 atom stereocenters. The van der Waals surface area contributed by atoms with E-state index < -0.39 is 6.10 Å². The molecular formula is C16H14Br2N2O2. The van der Waals surface area contributed by atoms with E-state index >= 15 is 0 Å². The normalized spacial score (nSPS) is 12.1. The predicted molar refractivity (Wildman–Crippen MR) is 94.1 cm³/mol. The fourth-order valence-electron chi connectivity index (χ4n) is 1.61. The van der Waals surface area contributed by atoms with Crippen molar-refractivity contribution in [2.75, 3.05) is 0 Å². The molecule has 2 aromatic rings. The first-order valence-corrected chi connectivity index (χ1v) is 8.14. The lowest BCUT2D eigenvalue weighted by Crippen LogP contribution is -2.33. The Morgan fingerprint density at radius 1 is 1.18 bits per heavy atom. The smallest absolute Gasteiger partial charge is 0.280 e. The molecule has 1 amide bonds. The number of carbonyl (C=O) groups is 1. The maximum absolute atomic E-state index is 11.9. The minimum Gasteiger partial charge on any atom is -0.481 e. The monoisotopic (exact) mass is 424 g/mol. The summed E-state index contributed by atoms with van der Waals surface area (Å²) in [6.45, 7) is 1.67. The Morgan fingerprint density at radius 2 is 1.91 bits per heavy atom.